The third-order valence-electron chi connectivity index (χ3n) is 4.28. The minimum Gasteiger partial charge on any atom is -0.497 e. The molecule has 2 rings (SSSR count). The lowest BCUT2D eigenvalue weighted by molar-refractivity contribution is 0.320. The van der Waals surface area contributed by atoms with Crippen LogP contribution in [0.4, 0.5) is 0 Å². The van der Waals surface area contributed by atoms with Crippen LogP contribution < -0.4 is 9.46 Å². The first-order valence-electron chi connectivity index (χ1n) is 8.19. The smallest absolute Gasteiger partial charge is 0.216 e. The largest absolute Gasteiger partial charge is 0.497 e. The van der Waals surface area contributed by atoms with Crippen LogP contribution in [0.15, 0.2) is 24.3 Å². The Kier molecular flexibility index (Phi) is 6.06. The molecule has 0 spiro atoms. The summed E-state index contributed by atoms with van der Waals surface area (Å²) < 4.78 is 32.4. The van der Waals surface area contributed by atoms with Crippen molar-refractivity contribution in [2.75, 3.05) is 26.7 Å². The van der Waals surface area contributed by atoms with Gasteiger partial charge in [0.1, 0.15) is 5.75 Å². The van der Waals surface area contributed by atoms with Gasteiger partial charge in [0.2, 0.25) is 10.0 Å². The van der Waals surface area contributed by atoms with Crippen LogP contribution in [0.25, 0.3) is 0 Å². The number of nitrogens with zero attached hydrogens (tertiary/aromatic N) is 1. The zero-order valence-electron chi connectivity index (χ0n) is 14.5. The van der Waals surface area contributed by atoms with Crippen LogP contribution in [-0.4, -0.2) is 51.4 Å². The Balaban J connectivity index is 1.91. The molecule has 130 valence electrons. The zero-order chi connectivity index (χ0) is 17.0. The summed E-state index contributed by atoms with van der Waals surface area (Å²) in [5, 5.41) is -0.298. The van der Waals surface area contributed by atoms with Crippen molar-refractivity contribution in [3.8, 4) is 5.75 Å². The average Bonchev–Trinajstić information content (AvgIpc) is 2.95. The van der Waals surface area contributed by atoms with E-state index in [9.17, 15) is 8.42 Å². The van der Waals surface area contributed by atoms with Crippen LogP contribution in [0, 0.1) is 0 Å². The molecule has 1 fully saturated rings. The molecule has 0 bridgehead atoms. The minimum atomic E-state index is -3.21. The van der Waals surface area contributed by atoms with Crippen molar-refractivity contribution in [3.05, 3.63) is 29.8 Å². The lowest BCUT2D eigenvalue weighted by Crippen LogP contribution is -2.40. The van der Waals surface area contributed by atoms with Gasteiger partial charge in [0.15, 0.2) is 0 Å². The van der Waals surface area contributed by atoms with Crippen LogP contribution >= 0.6 is 0 Å². The van der Waals surface area contributed by atoms with Crippen LogP contribution in [-0.2, 0) is 10.0 Å². The van der Waals surface area contributed by atoms with Crippen molar-refractivity contribution in [2.24, 2.45) is 0 Å². The Morgan fingerprint density at radius 2 is 1.91 bits per heavy atom. The third-order valence-corrected chi connectivity index (χ3v) is 6.35. The van der Waals surface area contributed by atoms with Crippen molar-refractivity contribution in [1.29, 1.82) is 0 Å². The van der Waals surface area contributed by atoms with Crippen molar-refractivity contribution in [3.63, 3.8) is 0 Å². The van der Waals surface area contributed by atoms with Crippen molar-refractivity contribution in [1.82, 2.24) is 9.62 Å². The molecular weight excluding hydrogens is 312 g/mol. The van der Waals surface area contributed by atoms with E-state index in [0.717, 1.165) is 18.8 Å². The Hall–Kier alpha value is -1.11. The molecule has 0 saturated carbocycles. The second kappa shape index (κ2) is 7.64. The van der Waals surface area contributed by atoms with Gasteiger partial charge in [0, 0.05) is 19.1 Å². The molecule has 0 aliphatic carbocycles. The summed E-state index contributed by atoms with van der Waals surface area (Å²) in [5.41, 5.74) is 1.25. The molecule has 2 atom stereocenters. The van der Waals surface area contributed by atoms with Crippen LogP contribution in [0.1, 0.15) is 38.7 Å². The molecule has 23 heavy (non-hydrogen) atoms. The second-order valence-electron chi connectivity index (χ2n) is 6.66. The second-order valence-corrected chi connectivity index (χ2v) is 8.65. The molecule has 6 heteroatoms. The van der Waals surface area contributed by atoms with Gasteiger partial charge in [-0.25, -0.2) is 13.1 Å². The first kappa shape index (κ1) is 18.2. The van der Waals surface area contributed by atoms with E-state index in [2.05, 4.69) is 28.7 Å². The Morgan fingerprint density at radius 1 is 1.26 bits per heavy atom. The fraction of sp³-hybridized carbons (Fsp3) is 0.647. The lowest BCUT2D eigenvalue weighted by atomic mass is 10.0. The van der Waals surface area contributed by atoms with E-state index in [1.165, 1.54) is 5.56 Å². The predicted molar refractivity (Wildman–Crippen MR) is 93.4 cm³/mol. The van der Waals surface area contributed by atoms with Crippen molar-refractivity contribution in [2.45, 2.75) is 44.4 Å². The van der Waals surface area contributed by atoms with Crippen molar-refractivity contribution < 1.29 is 13.2 Å². The Morgan fingerprint density at radius 3 is 2.48 bits per heavy atom. The quantitative estimate of drug-likeness (QED) is 0.827. The van der Waals surface area contributed by atoms with Gasteiger partial charge in [0.05, 0.1) is 12.4 Å². The van der Waals surface area contributed by atoms with E-state index in [1.807, 2.05) is 26.0 Å². The summed E-state index contributed by atoms with van der Waals surface area (Å²) in [6, 6.07) is 8.04. The Bertz CT molecular complexity index is 599. The molecule has 0 unspecified atom stereocenters. The van der Waals surface area contributed by atoms with Crippen LogP contribution in [0.2, 0.25) is 0 Å². The third kappa shape index (κ3) is 4.93. The molecule has 1 aliphatic heterocycles. The maximum absolute atomic E-state index is 12.3. The molecule has 0 aromatic heterocycles. The molecule has 1 aromatic carbocycles. The fourth-order valence-electron chi connectivity index (χ4n) is 3.07. The SMILES string of the molecule is COc1ccc([C@H](C)CN2CC[C@@H](S(=O)(=O)NC(C)C)C2)cc1. The number of ether oxygens (including phenoxy) is 1. The number of methoxy groups -OCH3 is 1. The first-order valence-corrected chi connectivity index (χ1v) is 9.74. The highest BCUT2D eigenvalue weighted by atomic mass is 32.2. The topological polar surface area (TPSA) is 58.6 Å². The standard InChI is InChI=1S/C17H28N2O3S/c1-13(2)18-23(20,21)17-9-10-19(12-17)11-14(3)15-5-7-16(22-4)8-6-15/h5-8,13-14,17-18H,9-12H2,1-4H3/t14-,17-/m1/s1. The monoisotopic (exact) mass is 340 g/mol. The number of hydrogen-bond acceptors (Lipinski definition) is 4. The molecule has 1 heterocycles. The highest BCUT2D eigenvalue weighted by Crippen LogP contribution is 2.23. The predicted octanol–water partition coefficient (Wildman–Crippen LogP) is 2.20. The highest BCUT2D eigenvalue weighted by Gasteiger charge is 2.33. The molecule has 1 aromatic rings. The summed E-state index contributed by atoms with van der Waals surface area (Å²) >= 11 is 0. The fourth-order valence-corrected chi connectivity index (χ4v) is 4.74. The number of likely N-dealkylation sites (tertiary alicyclic amines) is 1. The van der Waals surface area contributed by atoms with Crippen LogP contribution in [0.5, 0.6) is 5.75 Å². The molecule has 0 amide bonds. The van der Waals surface area contributed by atoms with Crippen molar-refractivity contribution >= 4 is 10.0 Å². The highest BCUT2D eigenvalue weighted by molar-refractivity contribution is 7.90. The van der Waals surface area contributed by atoms with E-state index in [0.29, 0.717) is 18.9 Å². The number of hydrogen-bond donors (Lipinski definition) is 1. The summed E-state index contributed by atoms with van der Waals surface area (Å²) in [6.07, 6.45) is 0.706. The average molecular weight is 340 g/mol. The summed E-state index contributed by atoms with van der Waals surface area (Å²) in [4.78, 5) is 2.25. The van der Waals surface area contributed by atoms with Gasteiger partial charge in [-0.15, -0.1) is 0 Å². The molecule has 0 radical (unpaired) electrons. The number of rotatable bonds is 7. The lowest BCUT2D eigenvalue weighted by Gasteiger charge is -2.21. The summed E-state index contributed by atoms with van der Waals surface area (Å²) in [6.45, 7) is 8.22. The molecule has 1 aliphatic rings. The molecule has 1 N–H and O–H groups in total. The maximum Gasteiger partial charge on any atom is 0.216 e. The van der Waals surface area contributed by atoms with Gasteiger partial charge in [-0.1, -0.05) is 19.1 Å². The first-order chi connectivity index (χ1) is 10.8. The summed E-state index contributed by atoms with van der Waals surface area (Å²) in [7, 11) is -1.55. The molecule has 5 nitrogen and oxygen atoms in total. The Labute approximate surface area is 140 Å². The van der Waals surface area contributed by atoms with Gasteiger partial charge in [-0.2, -0.15) is 0 Å². The summed E-state index contributed by atoms with van der Waals surface area (Å²) in [5.74, 6) is 1.22. The number of nitrogens with one attached hydrogen (secondary N) is 1. The van der Waals surface area contributed by atoms with E-state index >= 15 is 0 Å². The number of sulfonamides is 1. The van der Waals surface area contributed by atoms with Gasteiger partial charge >= 0.3 is 0 Å². The van der Waals surface area contributed by atoms with Gasteiger partial charge in [-0.3, -0.25) is 0 Å². The molecular formula is C17H28N2O3S. The van der Waals surface area contributed by atoms with E-state index in [4.69, 9.17) is 4.74 Å². The zero-order valence-corrected chi connectivity index (χ0v) is 15.3. The van der Waals surface area contributed by atoms with Gasteiger partial charge in [-0.05, 0) is 50.4 Å². The normalized spacial score (nSPS) is 20.8. The van der Waals surface area contributed by atoms with Gasteiger partial charge in [0.25, 0.3) is 0 Å². The van der Waals surface area contributed by atoms with Crippen LogP contribution in [0.3, 0.4) is 0 Å². The van der Waals surface area contributed by atoms with E-state index in [-0.39, 0.29) is 11.3 Å². The number of benzene rings is 1. The van der Waals surface area contributed by atoms with E-state index < -0.39 is 10.0 Å². The van der Waals surface area contributed by atoms with E-state index in [1.54, 1.807) is 7.11 Å². The molecule has 1 saturated heterocycles. The maximum atomic E-state index is 12.3. The minimum absolute atomic E-state index is 0.0488. The van der Waals surface area contributed by atoms with Gasteiger partial charge < -0.3 is 9.64 Å².